The van der Waals surface area contributed by atoms with E-state index in [4.69, 9.17) is 4.74 Å². The molecule has 1 unspecified atom stereocenters. The van der Waals surface area contributed by atoms with Crippen LogP contribution < -0.4 is 4.74 Å². The molecular weight excluding hydrogens is 447 g/mol. The maximum Gasteiger partial charge on any atom is 0.431 e. The van der Waals surface area contributed by atoms with Crippen molar-refractivity contribution in [2.45, 2.75) is 51.9 Å². The average Bonchev–Trinajstić information content (AvgIpc) is 3.17. The van der Waals surface area contributed by atoms with Crippen molar-refractivity contribution in [3.63, 3.8) is 0 Å². The fourth-order valence-electron chi connectivity index (χ4n) is 5.85. The summed E-state index contributed by atoms with van der Waals surface area (Å²) in [5.41, 5.74) is 7.97. The van der Waals surface area contributed by atoms with Gasteiger partial charge in [0.05, 0.1) is 11.4 Å². The standard InChI is InChI=1S/C30H26F3NO/c1-17-14-20-16-29(3,4)34-26(22(20)15-18(17)2)24(19-10-6-5-7-11-19)25-21-12-8-9-13-23(21)35-28(27(25)34)30(31,32)33/h5-15,28H,16H2,1-4H3. The molecule has 3 aromatic carbocycles. The van der Waals surface area contributed by atoms with Crippen LogP contribution >= 0.6 is 0 Å². The highest BCUT2D eigenvalue weighted by Crippen LogP contribution is 2.58. The number of fused-ring (bicyclic) bond motifs is 7. The van der Waals surface area contributed by atoms with Crippen LogP contribution in [-0.2, 0) is 12.0 Å². The lowest BCUT2D eigenvalue weighted by Gasteiger charge is -2.39. The molecule has 0 N–H and O–H groups in total. The zero-order valence-electron chi connectivity index (χ0n) is 20.1. The highest BCUT2D eigenvalue weighted by molar-refractivity contribution is 5.99. The predicted molar refractivity (Wildman–Crippen MR) is 133 cm³/mol. The molecule has 2 nitrogen and oxygen atoms in total. The van der Waals surface area contributed by atoms with Crippen molar-refractivity contribution in [1.82, 2.24) is 4.57 Å². The summed E-state index contributed by atoms with van der Waals surface area (Å²) in [5.74, 6) is 0.264. The number of hydrogen-bond acceptors (Lipinski definition) is 1. The van der Waals surface area contributed by atoms with E-state index in [1.54, 1.807) is 12.1 Å². The quantitative estimate of drug-likeness (QED) is 0.271. The van der Waals surface area contributed by atoms with Crippen LogP contribution in [0, 0.1) is 13.8 Å². The normalized spacial score (nSPS) is 17.6. The lowest BCUT2D eigenvalue weighted by Crippen LogP contribution is -2.39. The van der Waals surface area contributed by atoms with Gasteiger partial charge in [-0.1, -0.05) is 54.6 Å². The third-order valence-corrected chi connectivity index (χ3v) is 7.42. The van der Waals surface area contributed by atoms with Gasteiger partial charge in [-0.15, -0.1) is 0 Å². The third-order valence-electron chi connectivity index (χ3n) is 7.42. The summed E-state index contributed by atoms with van der Waals surface area (Å²) in [5, 5.41) is 0. The second kappa shape index (κ2) is 7.27. The molecule has 0 radical (unpaired) electrons. The molecule has 178 valence electrons. The van der Waals surface area contributed by atoms with E-state index in [0.29, 0.717) is 17.5 Å². The summed E-state index contributed by atoms with van der Waals surface area (Å²) >= 11 is 0. The van der Waals surface area contributed by atoms with Crippen LogP contribution in [0.1, 0.15) is 42.3 Å². The van der Waals surface area contributed by atoms with E-state index < -0.39 is 17.8 Å². The molecule has 0 spiro atoms. The van der Waals surface area contributed by atoms with Crippen molar-refractivity contribution in [2.75, 3.05) is 0 Å². The Labute approximate surface area is 203 Å². The van der Waals surface area contributed by atoms with Gasteiger partial charge >= 0.3 is 6.18 Å². The first-order valence-corrected chi connectivity index (χ1v) is 11.9. The molecule has 6 rings (SSSR count). The van der Waals surface area contributed by atoms with Crippen molar-refractivity contribution < 1.29 is 17.9 Å². The van der Waals surface area contributed by atoms with E-state index in [1.165, 1.54) is 5.56 Å². The molecule has 4 aromatic rings. The van der Waals surface area contributed by atoms with E-state index in [9.17, 15) is 13.2 Å². The fourth-order valence-corrected chi connectivity index (χ4v) is 5.85. The van der Waals surface area contributed by atoms with Crippen LogP contribution in [0.25, 0.3) is 33.5 Å². The molecule has 0 fully saturated rings. The summed E-state index contributed by atoms with van der Waals surface area (Å²) in [4.78, 5) is 0. The van der Waals surface area contributed by atoms with Crippen LogP contribution in [0.3, 0.4) is 0 Å². The number of nitrogens with zero attached hydrogens (tertiary/aromatic N) is 1. The Kier molecular flexibility index (Phi) is 4.57. The van der Waals surface area contributed by atoms with Gasteiger partial charge < -0.3 is 9.30 Å². The number of para-hydroxylation sites is 1. The Hall–Kier alpha value is -3.47. The molecule has 35 heavy (non-hydrogen) atoms. The average molecular weight is 474 g/mol. The van der Waals surface area contributed by atoms with Gasteiger partial charge in [0, 0.05) is 27.8 Å². The second-order valence-electron chi connectivity index (χ2n) is 10.3. The summed E-state index contributed by atoms with van der Waals surface area (Å²) in [6.07, 6.45) is -5.97. The zero-order chi connectivity index (χ0) is 24.7. The third kappa shape index (κ3) is 3.17. The van der Waals surface area contributed by atoms with Gasteiger partial charge in [0.25, 0.3) is 0 Å². The molecule has 1 aromatic heterocycles. The Morgan fingerprint density at radius 1 is 0.857 bits per heavy atom. The number of alkyl halides is 3. The van der Waals surface area contributed by atoms with Crippen molar-refractivity contribution in [3.8, 4) is 39.3 Å². The SMILES string of the molecule is Cc1cc2c(cc1C)-c1c(-c3ccccc3)c3c(n1C(C)(C)C2)C(C(F)(F)F)Oc1ccccc1-3. The highest BCUT2D eigenvalue weighted by Gasteiger charge is 2.52. The van der Waals surface area contributed by atoms with Crippen LogP contribution in [-0.4, -0.2) is 10.7 Å². The summed E-state index contributed by atoms with van der Waals surface area (Å²) in [6, 6.07) is 21.2. The lowest BCUT2D eigenvalue weighted by molar-refractivity contribution is -0.200. The second-order valence-corrected chi connectivity index (χ2v) is 10.3. The summed E-state index contributed by atoms with van der Waals surface area (Å²) in [7, 11) is 0. The van der Waals surface area contributed by atoms with E-state index in [-0.39, 0.29) is 11.4 Å². The summed E-state index contributed by atoms with van der Waals surface area (Å²) < 4.78 is 51.5. The van der Waals surface area contributed by atoms with E-state index in [0.717, 1.165) is 33.5 Å². The van der Waals surface area contributed by atoms with Gasteiger partial charge in [-0.3, -0.25) is 0 Å². The number of aryl methyl sites for hydroxylation is 2. The molecule has 5 heteroatoms. The van der Waals surface area contributed by atoms with Crippen molar-refractivity contribution >= 4 is 0 Å². The first-order chi connectivity index (χ1) is 16.6. The van der Waals surface area contributed by atoms with Gasteiger partial charge in [-0.2, -0.15) is 13.2 Å². The Balaban J connectivity index is 1.84. The Bertz CT molecular complexity index is 1480. The van der Waals surface area contributed by atoms with E-state index >= 15 is 0 Å². The first-order valence-electron chi connectivity index (χ1n) is 11.9. The smallest absolute Gasteiger partial charge is 0.431 e. The van der Waals surface area contributed by atoms with Crippen molar-refractivity contribution in [1.29, 1.82) is 0 Å². The fraction of sp³-hybridized carbons (Fsp3) is 0.267. The largest absolute Gasteiger partial charge is 0.474 e. The van der Waals surface area contributed by atoms with Gasteiger partial charge in [0.15, 0.2) is 0 Å². The van der Waals surface area contributed by atoms with Crippen LogP contribution in [0.5, 0.6) is 5.75 Å². The maximum absolute atomic E-state index is 14.6. The molecule has 1 atom stereocenters. The molecule has 0 amide bonds. The minimum Gasteiger partial charge on any atom is -0.474 e. The molecular formula is C30H26F3NO. The van der Waals surface area contributed by atoms with E-state index in [1.807, 2.05) is 60.9 Å². The van der Waals surface area contributed by atoms with Crippen LogP contribution in [0.2, 0.25) is 0 Å². The first kappa shape index (κ1) is 22.0. The molecule has 3 heterocycles. The Morgan fingerprint density at radius 2 is 1.51 bits per heavy atom. The number of halogens is 3. The number of ether oxygens (including phenoxy) is 1. The predicted octanol–water partition coefficient (Wildman–Crippen LogP) is 8.39. The number of rotatable bonds is 1. The van der Waals surface area contributed by atoms with Gasteiger partial charge in [-0.25, -0.2) is 0 Å². The Morgan fingerprint density at radius 3 is 2.23 bits per heavy atom. The van der Waals surface area contributed by atoms with E-state index in [2.05, 4.69) is 26.0 Å². The topological polar surface area (TPSA) is 14.2 Å². The zero-order valence-corrected chi connectivity index (χ0v) is 20.1. The van der Waals surface area contributed by atoms with Crippen molar-refractivity contribution in [2.24, 2.45) is 0 Å². The maximum atomic E-state index is 14.6. The van der Waals surface area contributed by atoms with Crippen LogP contribution in [0.15, 0.2) is 66.7 Å². The van der Waals surface area contributed by atoms with Crippen LogP contribution in [0.4, 0.5) is 13.2 Å². The number of hydrogen-bond donors (Lipinski definition) is 0. The molecule has 2 aliphatic rings. The molecule has 2 aliphatic heterocycles. The highest BCUT2D eigenvalue weighted by atomic mass is 19.4. The monoisotopic (exact) mass is 473 g/mol. The van der Waals surface area contributed by atoms with Gasteiger partial charge in [0.2, 0.25) is 6.10 Å². The molecule has 0 bridgehead atoms. The van der Waals surface area contributed by atoms with Gasteiger partial charge in [-0.05, 0) is 68.5 Å². The minimum absolute atomic E-state index is 0.193. The summed E-state index contributed by atoms with van der Waals surface area (Å²) in [6.45, 7) is 8.19. The molecule has 0 saturated carbocycles. The molecule has 0 aliphatic carbocycles. The number of benzene rings is 3. The van der Waals surface area contributed by atoms with Gasteiger partial charge in [0.1, 0.15) is 5.75 Å². The lowest BCUT2D eigenvalue weighted by atomic mass is 9.82. The van der Waals surface area contributed by atoms with Crippen molar-refractivity contribution in [3.05, 3.63) is 89.1 Å². The number of aromatic nitrogens is 1. The minimum atomic E-state index is -4.56. The molecule has 0 saturated heterocycles.